The Balaban J connectivity index is 1.65. The van der Waals surface area contributed by atoms with Crippen LogP contribution in [-0.4, -0.2) is 37.1 Å². The minimum absolute atomic E-state index is 0.0926. The molecule has 2 aromatic carbocycles. The second-order valence-corrected chi connectivity index (χ2v) is 10.6. The van der Waals surface area contributed by atoms with Crippen LogP contribution in [0.1, 0.15) is 43.9 Å². The van der Waals surface area contributed by atoms with Crippen LogP contribution in [0.25, 0.3) is 0 Å². The Morgan fingerprint density at radius 3 is 2.60 bits per heavy atom. The Hall–Kier alpha value is -2.58. The Kier molecular flexibility index (Phi) is 5.23. The summed E-state index contributed by atoms with van der Waals surface area (Å²) in [5, 5.41) is 12.4. The molecule has 30 heavy (non-hydrogen) atoms. The van der Waals surface area contributed by atoms with Crippen molar-refractivity contribution in [1.29, 1.82) is 0 Å². The van der Waals surface area contributed by atoms with Crippen LogP contribution < -0.4 is 10.1 Å². The summed E-state index contributed by atoms with van der Waals surface area (Å²) < 4.78 is 32.3. The summed E-state index contributed by atoms with van der Waals surface area (Å²) in [5.74, 6) is 0.288. The van der Waals surface area contributed by atoms with Crippen molar-refractivity contribution in [2.45, 2.75) is 44.0 Å². The number of ether oxygens (including phenoxy) is 1. The van der Waals surface area contributed by atoms with Gasteiger partial charge in [-0.05, 0) is 66.1 Å². The SMILES string of the molecule is CC1(C)Cc2cc(OC(=O)O)ccc2NC1c1cccc(S(=O)(=O)N2CCCC2)c1. The summed E-state index contributed by atoms with van der Waals surface area (Å²) in [7, 11) is -3.48. The molecule has 1 fully saturated rings. The highest BCUT2D eigenvalue weighted by Gasteiger charge is 2.37. The molecule has 2 N–H and O–H groups in total. The first-order valence-corrected chi connectivity index (χ1v) is 11.5. The molecule has 1 atom stereocenters. The lowest BCUT2D eigenvalue weighted by Crippen LogP contribution is -2.35. The molecule has 2 aliphatic rings. The van der Waals surface area contributed by atoms with Gasteiger partial charge in [0.2, 0.25) is 10.0 Å². The molecule has 0 amide bonds. The van der Waals surface area contributed by atoms with Crippen LogP contribution in [0.4, 0.5) is 10.5 Å². The maximum absolute atomic E-state index is 13.0. The topological polar surface area (TPSA) is 95.9 Å². The monoisotopic (exact) mass is 430 g/mol. The largest absolute Gasteiger partial charge is 0.511 e. The number of fused-ring (bicyclic) bond motifs is 1. The predicted octanol–water partition coefficient (Wildman–Crippen LogP) is 4.26. The maximum Gasteiger partial charge on any atom is 0.511 e. The molecule has 2 heterocycles. The number of hydrogen-bond donors (Lipinski definition) is 2. The van der Waals surface area contributed by atoms with Crippen LogP contribution in [0.3, 0.4) is 0 Å². The molecule has 8 heteroatoms. The molecular formula is C22H26N2O5S. The molecule has 0 radical (unpaired) electrons. The zero-order valence-corrected chi connectivity index (χ0v) is 17.9. The number of benzene rings is 2. The highest BCUT2D eigenvalue weighted by Crippen LogP contribution is 2.46. The number of carbonyl (C=O) groups is 1. The molecule has 0 bridgehead atoms. The number of rotatable bonds is 4. The van der Waals surface area contributed by atoms with E-state index in [1.807, 2.05) is 6.07 Å². The Morgan fingerprint density at radius 2 is 1.90 bits per heavy atom. The van der Waals surface area contributed by atoms with Gasteiger partial charge in [-0.3, -0.25) is 0 Å². The molecular weight excluding hydrogens is 404 g/mol. The first-order valence-electron chi connectivity index (χ1n) is 10.1. The zero-order valence-electron chi connectivity index (χ0n) is 17.1. The third-order valence-electron chi connectivity index (χ3n) is 5.90. The highest BCUT2D eigenvalue weighted by atomic mass is 32.2. The molecule has 1 unspecified atom stereocenters. The molecule has 0 aromatic heterocycles. The zero-order chi connectivity index (χ0) is 21.5. The van der Waals surface area contributed by atoms with Crippen LogP contribution >= 0.6 is 0 Å². The van der Waals surface area contributed by atoms with Gasteiger partial charge in [0.25, 0.3) is 0 Å². The number of carboxylic acid groups (broad SMARTS) is 1. The van der Waals surface area contributed by atoms with Gasteiger partial charge in [0.05, 0.1) is 10.9 Å². The number of sulfonamides is 1. The molecule has 1 saturated heterocycles. The van der Waals surface area contributed by atoms with E-state index in [0.717, 1.165) is 29.7 Å². The lowest BCUT2D eigenvalue weighted by atomic mass is 9.73. The third kappa shape index (κ3) is 3.89. The fourth-order valence-electron chi connectivity index (χ4n) is 4.43. The van der Waals surface area contributed by atoms with E-state index < -0.39 is 16.2 Å². The van der Waals surface area contributed by atoms with Crippen LogP contribution in [-0.2, 0) is 16.4 Å². The fourth-order valence-corrected chi connectivity index (χ4v) is 6.00. The number of nitrogens with zero attached hydrogens (tertiary/aromatic N) is 1. The lowest BCUT2D eigenvalue weighted by molar-refractivity contribution is 0.144. The van der Waals surface area contributed by atoms with E-state index in [0.29, 0.717) is 24.4 Å². The minimum atomic E-state index is -3.48. The minimum Gasteiger partial charge on any atom is -0.449 e. The van der Waals surface area contributed by atoms with Gasteiger partial charge in [0.15, 0.2) is 0 Å². The van der Waals surface area contributed by atoms with Crippen molar-refractivity contribution >= 4 is 21.9 Å². The Morgan fingerprint density at radius 1 is 1.17 bits per heavy atom. The van der Waals surface area contributed by atoms with E-state index in [1.165, 1.54) is 0 Å². The van der Waals surface area contributed by atoms with Gasteiger partial charge in [-0.25, -0.2) is 13.2 Å². The van der Waals surface area contributed by atoms with Crippen LogP contribution in [0, 0.1) is 5.41 Å². The average Bonchev–Trinajstić information content (AvgIpc) is 3.22. The molecule has 0 aliphatic carbocycles. The molecule has 4 rings (SSSR count). The summed E-state index contributed by atoms with van der Waals surface area (Å²) in [6, 6.07) is 12.3. The summed E-state index contributed by atoms with van der Waals surface area (Å²) in [4.78, 5) is 11.1. The number of anilines is 1. The summed E-state index contributed by atoms with van der Waals surface area (Å²) >= 11 is 0. The van der Waals surface area contributed by atoms with Crippen LogP contribution in [0.5, 0.6) is 5.75 Å². The summed E-state index contributed by atoms with van der Waals surface area (Å²) in [6.45, 7) is 5.38. The molecule has 7 nitrogen and oxygen atoms in total. The van der Waals surface area contributed by atoms with E-state index in [-0.39, 0.29) is 17.2 Å². The van der Waals surface area contributed by atoms with Crippen molar-refractivity contribution in [3.8, 4) is 5.75 Å². The number of hydrogen-bond acceptors (Lipinski definition) is 5. The molecule has 0 spiro atoms. The second kappa shape index (κ2) is 7.59. The van der Waals surface area contributed by atoms with Gasteiger partial charge in [0, 0.05) is 18.8 Å². The van der Waals surface area contributed by atoms with Crippen molar-refractivity contribution in [1.82, 2.24) is 4.31 Å². The second-order valence-electron chi connectivity index (χ2n) is 8.61. The predicted molar refractivity (Wildman–Crippen MR) is 113 cm³/mol. The van der Waals surface area contributed by atoms with E-state index in [1.54, 1.807) is 40.7 Å². The van der Waals surface area contributed by atoms with Gasteiger partial charge in [0.1, 0.15) is 5.75 Å². The Labute approximate surface area is 176 Å². The van der Waals surface area contributed by atoms with Crippen LogP contribution in [0.2, 0.25) is 0 Å². The third-order valence-corrected chi connectivity index (χ3v) is 7.80. The molecule has 160 valence electrons. The molecule has 2 aliphatic heterocycles. The van der Waals surface area contributed by atoms with Gasteiger partial charge in [-0.15, -0.1) is 0 Å². The van der Waals surface area contributed by atoms with Gasteiger partial charge >= 0.3 is 6.16 Å². The normalized spacial score (nSPS) is 20.9. The lowest BCUT2D eigenvalue weighted by Gasteiger charge is -2.41. The van der Waals surface area contributed by atoms with Crippen molar-refractivity contribution in [3.05, 3.63) is 53.6 Å². The first-order chi connectivity index (χ1) is 14.2. The summed E-state index contributed by atoms with van der Waals surface area (Å²) in [6.07, 6.45) is 1.16. The molecule has 0 saturated carbocycles. The Bertz CT molecular complexity index is 1070. The van der Waals surface area contributed by atoms with Gasteiger partial charge in [-0.2, -0.15) is 4.31 Å². The first kappa shape index (κ1) is 20.7. The number of nitrogens with one attached hydrogen (secondary N) is 1. The molecule has 2 aromatic rings. The van der Waals surface area contributed by atoms with E-state index in [2.05, 4.69) is 19.2 Å². The van der Waals surface area contributed by atoms with Crippen molar-refractivity contribution in [3.63, 3.8) is 0 Å². The average molecular weight is 431 g/mol. The fraction of sp³-hybridized carbons (Fsp3) is 0.409. The van der Waals surface area contributed by atoms with Gasteiger partial charge < -0.3 is 15.2 Å². The van der Waals surface area contributed by atoms with E-state index in [9.17, 15) is 13.2 Å². The van der Waals surface area contributed by atoms with Crippen molar-refractivity contribution in [2.24, 2.45) is 5.41 Å². The van der Waals surface area contributed by atoms with Crippen molar-refractivity contribution in [2.75, 3.05) is 18.4 Å². The van der Waals surface area contributed by atoms with Crippen molar-refractivity contribution < 1.29 is 23.1 Å². The van der Waals surface area contributed by atoms with E-state index in [4.69, 9.17) is 9.84 Å². The highest BCUT2D eigenvalue weighted by molar-refractivity contribution is 7.89. The summed E-state index contributed by atoms with van der Waals surface area (Å²) in [5.41, 5.74) is 2.54. The smallest absolute Gasteiger partial charge is 0.449 e. The maximum atomic E-state index is 13.0. The van der Waals surface area contributed by atoms with Crippen LogP contribution in [0.15, 0.2) is 47.4 Å². The quantitative estimate of drug-likeness (QED) is 0.556. The van der Waals surface area contributed by atoms with Gasteiger partial charge in [-0.1, -0.05) is 26.0 Å². The standard InChI is InChI=1S/C22H26N2O5S/c1-22(2)14-16-12-17(29-21(25)26)8-9-19(16)23-20(22)15-6-5-7-18(13-15)30(27,28)24-10-3-4-11-24/h5-9,12-13,20,23H,3-4,10-11,14H2,1-2H3,(H,25,26). The van der Waals surface area contributed by atoms with E-state index >= 15 is 0 Å².